The fourth-order valence-electron chi connectivity index (χ4n) is 2.94. The lowest BCUT2D eigenvalue weighted by Gasteiger charge is -2.37. The molecule has 0 bridgehead atoms. The molecule has 1 aromatic rings. The molecule has 104 valence electrons. The average molecular weight is 264 g/mol. The molecule has 0 N–H and O–H groups in total. The molecule has 19 heavy (non-hydrogen) atoms. The molecule has 2 heterocycles. The molecule has 3 rings (SSSR count). The Balaban J connectivity index is 1.80. The first-order chi connectivity index (χ1) is 9.01. The van der Waals surface area contributed by atoms with Crippen molar-refractivity contribution in [1.82, 2.24) is 10.1 Å². The highest BCUT2D eigenvalue weighted by Crippen LogP contribution is 2.49. The van der Waals surface area contributed by atoms with Gasteiger partial charge in [0.2, 0.25) is 5.91 Å². The van der Waals surface area contributed by atoms with Gasteiger partial charge in [-0.2, -0.15) is 0 Å². The molecule has 2 unspecified atom stereocenters. The summed E-state index contributed by atoms with van der Waals surface area (Å²) in [6, 6.07) is 1.89. The number of nitrogens with zero attached hydrogens (tertiary/aromatic N) is 2. The van der Waals surface area contributed by atoms with E-state index in [9.17, 15) is 4.79 Å². The molecule has 2 atom stereocenters. The van der Waals surface area contributed by atoms with Crippen LogP contribution in [0.3, 0.4) is 0 Å². The minimum Gasteiger partial charge on any atom is -0.372 e. The third kappa shape index (κ3) is 2.16. The number of hydrogen-bond acceptors (Lipinski definition) is 4. The number of aromatic nitrogens is 1. The topological polar surface area (TPSA) is 55.6 Å². The van der Waals surface area contributed by atoms with Crippen molar-refractivity contribution in [3.8, 4) is 0 Å². The minimum absolute atomic E-state index is 0.0996. The maximum atomic E-state index is 12.8. The SMILES string of the molecule is Cc1cc(C2(C(=O)N3CC(C)OC(C)C3)CC2)no1. The summed E-state index contributed by atoms with van der Waals surface area (Å²) in [5.41, 5.74) is 0.371. The van der Waals surface area contributed by atoms with Crippen molar-refractivity contribution in [3.63, 3.8) is 0 Å². The predicted molar refractivity (Wildman–Crippen MR) is 68.7 cm³/mol. The van der Waals surface area contributed by atoms with Crippen LogP contribution in [0.1, 0.15) is 38.1 Å². The van der Waals surface area contributed by atoms with Gasteiger partial charge in [0, 0.05) is 19.2 Å². The van der Waals surface area contributed by atoms with Crippen LogP contribution >= 0.6 is 0 Å². The Morgan fingerprint density at radius 2 is 2.00 bits per heavy atom. The number of aryl methyl sites for hydroxylation is 1. The zero-order valence-corrected chi connectivity index (χ0v) is 11.7. The van der Waals surface area contributed by atoms with Gasteiger partial charge in [0.15, 0.2) is 0 Å². The van der Waals surface area contributed by atoms with Gasteiger partial charge in [-0.25, -0.2) is 0 Å². The number of rotatable bonds is 2. The summed E-state index contributed by atoms with van der Waals surface area (Å²) < 4.78 is 10.8. The molecule has 1 aromatic heterocycles. The number of hydrogen-bond donors (Lipinski definition) is 0. The number of ether oxygens (including phenoxy) is 1. The van der Waals surface area contributed by atoms with Crippen LogP contribution in [0.4, 0.5) is 0 Å². The predicted octanol–water partition coefficient (Wildman–Crippen LogP) is 1.65. The molecule has 5 nitrogen and oxygen atoms in total. The van der Waals surface area contributed by atoms with Crippen LogP contribution in [-0.2, 0) is 14.9 Å². The van der Waals surface area contributed by atoms with Crippen LogP contribution in [0.15, 0.2) is 10.6 Å². The largest absolute Gasteiger partial charge is 0.372 e. The summed E-state index contributed by atoms with van der Waals surface area (Å²) >= 11 is 0. The summed E-state index contributed by atoms with van der Waals surface area (Å²) in [5.74, 6) is 0.945. The Hall–Kier alpha value is -1.36. The molecule has 1 aliphatic heterocycles. The Morgan fingerprint density at radius 3 is 2.47 bits per heavy atom. The van der Waals surface area contributed by atoms with E-state index in [2.05, 4.69) is 5.16 Å². The highest BCUT2D eigenvalue weighted by Gasteiger charge is 2.55. The number of carbonyl (C=O) groups is 1. The van der Waals surface area contributed by atoms with Crippen LogP contribution < -0.4 is 0 Å². The molecule has 5 heteroatoms. The van der Waals surface area contributed by atoms with Gasteiger partial charge in [0.1, 0.15) is 5.76 Å². The van der Waals surface area contributed by atoms with Crippen molar-refractivity contribution in [3.05, 3.63) is 17.5 Å². The molecule has 2 fully saturated rings. The second-order valence-electron chi connectivity index (χ2n) is 5.87. The Bertz CT molecular complexity index is 483. The molecule has 1 saturated heterocycles. The Morgan fingerprint density at radius 1 is 1.37 bits per heavy atom. The van der Waals surface area contributed by atoms with Gasteiger partial charge in [-0.05, 0) is 33.6 Å². The quantitative estimate of drug-likeness (QED) is 0.815. The van der Waals surface area contributed by atoms with E-state index in [0.717, 1.165) is 24.3 Å². The van der Waals surface area contributed by atoms with E-state index in [1.165, 1.54) is 0 Å². The second kappa shape index (κ2) is 4.34. The zero-order valence-electron chi connectivity index (χ0n) is 11.7. The van der Waals surface area contributed by atoms with Gasteiger partial charge in [0.05, 0.1) is 23.3 Å². The molecule has 0 aromatic carbocycles. The van der Waals surface area contributed by atoms with E-state index in [0.29, 0.717) is 13.1 Å². The highest BCUT2D eigenvalue weighted by molar-refractivity contribution is 5.90. The third-order valence-electron chi connectivity index (χ3n) is 3.98. The Labute approximate surface area is 112 Å². The van der Waals surface area contributed by atoms with E-state index in [1.54, 1.807) is 0 Å². The van der Waals surface area contributed by atoms with E-state index < -0.39 is 5.41 Å². The fraction of sp³-hybridized carbons (Fsp3) is 0.714. The van der Waals surface area contributed by atoms with Gasteiger partial charge in [-0.15, -0.1) is 0 Å². The van der Waals surface area contributed by atoms with Crippen molar-refractivity contribution < 1.29 is 14.1 Å². The van der Waals surface area contributed by atoms with Gasteiger partial charge in [-0.1, -0.05) is 5.16 Å². The second-order valence-corrected chi connectivity index (χ2v) is 5.87. The zero-order chi connectivity index (χ0) is 13.6. The molecule has 1 amide bonds. The van der Waals surface area contributed by atoms with Crippen LogP contribution in [0.5, 0.6) is 0 Å². The highest BCUT2D eigenvalue weighted by atomic mass is 16.5. The molecule has 1 aliphatic carbocycles. The first-order valence-corrected chi connectivity index (χ1v) is 6.90. The molecular formula is C14H20N2O3. The van der Waals surface area contributed by atoms with Gasteiger partial charge < -0.3 is 14.2 Å². The first kappa shape index (κ1) is 12.7. The molecule has 2 aliphatic rings. The van der Waals surface area contributed by atoms with E-state index >= 15 is 0 Å². The molecule has 0 spiro atoms. The average Bonchev–Trinajstić information content (AvgIpc) is 3.04. The number of carbonyl (C=O) groups excluding carboxylic acids is 1. The van der Waals surface area contributed by atoms with Crippen LogP contribution in [0, 0.1) is 6.92 Å². The maximum absolute atomic E-state index is 12.8. The summed E-state index contributed by atoms with van der Waals surface area (Å²) in [5, 5.41) is 4.05. The van der Waals surface area contributed by atoms with Crippen LogP contribution in [0.25, 0.3) is 0 Å². The summed E-state index contributed by atoms with van der Waals surface area (Å²) in [4.78, 5) is 14.7. The van der Waals surface area contributed by atoms with Crippen molar-refractivity contribution in [2.75, 3.05) is 13.1 Å². The van der Waals surface area contributed by atoms with Gasteiger partial charge >= 0.3 is 0 Å². The monoisotopic (exact) mass is 264 g/mol. The lowest BCUT2D eigenvalue weighted by atomic mass is 9.99. The number of morpholine rings is 1. The minimum atomic E-state index is -0.422. The lowest BCUT2D eigenvalue weighted by molar-refractivity contribution is -0.146. The number of amides is 1. The first-order valence-electron chi connectivity index (χ1n) is 6.90. The van der Waals surface area contributed by atoms with Crippen LogP contribution in [0.2, 0.25) is 0 Å². The summed E-state index contributed by atoms with van der Waals surface area (Å²) in [6.45, 7) is 7.21. The van der Waals surface area contributed by atoms with E-state index in [1.807, 2.05) is 31.7 Å². The van der Waals surface area contributed by atoms with E-state index in [4.69, 9.17) is 9.26 Å². The van der Waals surface area contributed by atoms with E-state index in [-0.39, 0.29) is 18.1 Å². The van der Waals surface area contributed by atoms with Crippen molar-refractivity contribution in [2.45, 2.75) is 51.2 Å². The van der Waals surface area contributed by atoms with Gasteiger partial charge in [-0.3, -0.25) is 4.79 Å². The maximum Gasteiger partial charge on any atom is 0.235 e. The molecule has 0 radical (unpaired) electrons. The standard InChI is InChI=1S/C14H20N2O3/c1-9-6-12(15-19-9)14(4-5-14)13(17)16-7-10(2)18-11(3)8-16/h6,10-11H,4-5,7-8H2,1-3H3. The lowest BCUT2D eigenvalue weighted by Crippen LogP contribution is -2.51. The fourth-order valence-corrected chi connectivity index (χ4v) is 2.94. The Kier molecular flexibility index (Phi) is 2.89. The summed E-state index contributed by atoms with van der Waals surface area (Å²) in [7, 11) is 0. The smallest absolute Gasteiger partial charge is 0.235 e. The molecular weight excluding hydrogens is 244 g/mol. The normalized spacial score (nSPS) is 29.3. The molecule has 1 saturated carbocycles. The van der Waals surface area contributed by atoms with Crippen molar-refractivity contribution in [2.24, 2.45) is 0 Å². The van der Waals surface area contributed by atoms with Crippen molar-refractivity contribution in [1.29, 1.82) is 0 Å². The summed E-state index contributed by atoms with van der Waals surface area (Å²) in [6.07, 6.45) is 1.95. The van der Waals surface area contributed by atoms with Crippen molar-refractivity contribution >= 4 is 5.91 Å². The van der Waals surface area contributed by atoms with Crippen LogP contribution in [-0.4, -0.2) is 41.3 Å². The van der Waals surface area contributed by atoms with Gasteiger partial charge in [0.25, 0.3) is 0 Å². The third-order valence-corrected chi connectivity index (χ3v) is 3.98.